The Morgan fingerprint density at radius 1 is 1.31 bits per heavy atom. The zero-order valence-corrected chi connectivity index (χ0v) is 9.31. The molecule has 90 valence electrons. The van der Waals surface area contributed by atoms with Crippen molar-refractivity contribution in [3.05, 3.63) is 18.3 Å². The zero-order chi connectivity index (χ0) is 11.6. The van der Waals surface area contributed by atoms with Crippen molar-refractivity contribution in [2.75, 3.05) is 39.0 Å². The second kappa shape index (κ2) is 7.86. The summed E-state index contributed by atoms with van der Waals surface area (Å²) in [5.41, 5.74) is 2.45. The molecule has 0 saturated heterocycles. The van der Waals surface area contributed by atoms with E-state index in [2.05, 4.69) is 10.4 Å². The highest BCUT2D eigenvalue weighted by Crippen LogP contribution is 2.13. The highest BCUT2D eigenvalue weighted by atomic mass is 16.5. The number of hydrogen-bond acceptors (Lipinski definition) is 6. The van der Waals surface area contributed by atoms with E-state index in [4.69, 9.17) is 20.1 Å². The van der Waals surface area contributed by atoms with E-state index in [1.54, 1.807) is 25.4 Å². The zero-order valence-electron chi connectivity index (χ0n) is 9.31. The summed E-state index contributed by atoms with van der Waals surface area (Å²) in [6, 6.07) is 3.48. The quantitative estimate of drug-likeness (QED) is 0.380. The predicted molar refractivity (Wildman–Crippen MR) is 60.2 cm³/mol. The van der Waals surface area contributed by atoms with Crippen LogP contribution in [0.2, 0.25) is 0 Å². The van der Waals surface area contributed by atoms with Crippen LogP contribution in [0.3, 0.4) is 0 Å². The summed E-state index contributed by atoms with van der Waals surface area (Å²) >= 11 is 0. The van der Waals surface area contributed by atoms with Gasteiger partial charge in [0.25, 0.3) is 0 Å². The van der Waals surface area contributed by atoms with Crippen molar-refractivity contribution >= 4 is 5.82 Å². The van der Waals surface area contributed by atoms with Gasteiger partial charge in [-0.1, -0.05) is 0 Å². The maximum atomic E-state index is 5.43. The largest absolute Gasteiger partial charge is 0.491 e. The summed E-state index contributed by atoms with van der Waals surface area (Å²) in [6.07, 6.45) is 1.62. The number of nitrogens with two attached hydrogens (primary N) is 1. The Balaban J connectivity index is 2.16. The monoisotopic (exact) mass is 227 g/mol. The van der Waals surface area contributed by atoms with Crippen LogP contribution in [0.25, 0.3) is 0 Å². The van der Waals surface area contributed by atoms with Crippen LogP contribution < -0.4 is 16.0 Å². The number of nitrogens with zero attached hydrogens (tertiary/aromatic N) is 1. The average molecular weight is 227 g/mol. The summed E-state index contributed by atoms with van der Waals surface area (Å²) in [4.78, 5) is 3.96. The number of rotatable bonds is 8. The maximum absolute atomic E-state index is 5.43. The number of hydrazine groups is 1. The molecule has 0 bridgehead atoms. The predicted octanol–water partition coefficient (Wildman–Crippen LogP) is 0.409. The molecule has 0 atom stereocenters. The molecule has 0 aromatic carbocycles. The van der Waals surface area contributed by atoms with Crippen LogP contribution in [-0.4, -0.2) is 38.5 Å². The second-order valence-electron chi connectivity index (χ2n) is 2.97. The Kier molecular flexibility index (Phi) is 6.24. The highest BCUT2D eigenvalue weighted by Gasteiger charge is 1.96. The van der Waals surface area contributed by atoms with Gasteiger partial charge in [0, 0.05) is 19.4 Å². The minimum atomic E-state index is 0.484. The lowest BCUT2D eigenvalue weighted by atomic mass is 10.4. The summed E-state index contributed by atoms with van der Waals surface area (Å²) in [7, 11) is 1.64. The van der Waals surface area contributed by atoms with Crippen molar-refractivity contribution in [2.45, 2.75) is 0 Å². The molecule has 0 aliphatic rings. The molecule has 16 heavy (non-hydrogen) atoms. The van der Waals surface area contributed by atoms with E-state index in [1.807, 2.05) is 0 Å². The summed E-state index contributed by atoms with van der Waals surface area (Å²) in [5.74, 6) is 6.50. The minimum absolute atomic E-state index is 0.484. The van der Waals surface area contributed by atoms with Crippen molar-refractivity contribution in [2.24, 2.45) is 5.84 Å². The van der Waals surface area contributed by atoms with Crippen LogP contribution in [0.1, 0.15) is 0 Å². The van der Waals surface area contributed by atoms with Crippen LogP contribution in [0.4, 0.5) is 5.82 Å². The normalized spacial score (nSPS) is 10.1. The number of pyridine rings is 1. The van der Waals surface area contributed by atoms with Crippen molar-refractivity contribution in [3.8, 4) is 5.75 Å². The van der Waals surface area contributed by atoms with Crippen molar-refractivity contribution in [1.82, 2.24) is 4.98 Å². The van der Waals surface area contributed by atoms with E-state index in [0.29, 0.717) is 38.0 Å². The molecule has 0 aliphatic heterocycles. The summed E-state index contributed by atoms with van der Waals surface area (Å²) in [6.45, 7) is 2.18. The van der Waals surface area contributed by atoms with Gasteiger partial charge in [-0.15, -0.1) is 0 Å². The van der Waals surface area contributed by atoms with E-state index < -0.39 is 0 Å². The lowest BCUT2D eigenvalue weighted by Crippen LogP contribution is -2.11. The van der Waals surface area contributed by atoms with E-state index in [1.165, 1.54) is 0 Å². The molecule has 0 aliphatic carbocycles. The van der Waals surface area contributed by atoms with Crippen LogP contribution in [0.15, 0.2) is 18.3 Å². The molecule has 1 rings (SSSR count). The van der Waals surface area contributed by atoms with Gasteiger partial charge >= 0.3 is 0 Å². The Morgan fingerprint density at radius 2 is 2.12 bits per heavy atom. The number of methoxy groups -OCH3 is 1. The van der Waals surface area contributed by atoms with Crippen molar-refractivity contribution in [3.63, 3.8) is 0 Å². The molecule has 3 N–H and O–H groups in total. The molecular formula is C10H17N3O3. The van der Waals surface area contributed by atoms with Crippen molar-refractivity contribution in [1.29, 1.82) is 0 Å². The van der Waals surface area contributed by atoms with Gasteiger partial charge < -0.3 is 19.6 Å². The highest BCUT2D eigenvalue weighted by molar-refractivity contribution is 5.39. The van der Waals surface area contributed by atoms with Crippen LogP contribution in [0.5, 0.6) is 5.75 Å². The second-order valence-corrected chi connectivity index (χ2v) is 2.97. The third-order valence-corrected chi connectivity index (χ3v) is 1.81. The van der Waals surface area contributed by atoms with Gasteiger partial charge in [-0.2, -0.15) is 0 Å². The van der Waals surface area contributed by atoms with Gasteiger partial charge in [0.05, 0.1) is 19.8 Å². The smallest absolute Gasteiger partial charge is 0.143 e. The van der Waals surface area contributed by atoms with Gasteiger partial charge in [-0.25, -0.2) is 10.8 Å². The maximum Gasteiger partial charge on any atom is 0.143 e. The standard InChI is InChI=1S/C10H17N3O3/c1-14-4-5-15-6-7-16-9-2-3-12-10(8-9)13-11/h2-3,8H,4-7,11H2,1H3,(H,12,13). The number of anilines is 1. The number of ether oxygens (including phenoxy) is 3. The van der Waals surface area contributed by atoms with E-state index in [-0.39, 0.29) is 0 Å². The third kappa shape index (κ3) is 4.92. The molecule has 1 aromatic rings. The minimum Gasteiger partial charge on any atom is -0.491 e. The SMILES string of the molecule is COCCOCCOc1ccnc(NN)c1. The lowest BCUT2D eigenvalue weighted by Gasteiger charge is -2.07. The number of nitrogen functional groups attached to an aromatic ring is 1. The van der Waals surface area contributed by atoms with Crippen LogP contribution in [-0.2, 0) is 9.47 Å². The number of nitrogens with one attached hydrogen (secondary N) is 1. The summed E-state index contributed by atoms with van der Waals surface area (Å²) in [5, 5.41) is 0. The van der Waals surface area contributed by atoms with Crippen LogP contribution >= 0.6 is 0 Å². The topological polar surface area (TPSA) is 78.6 Å². The van der Waals surface area contributed by atoms with Gasteiger partial charge in [-0.05, 0) is 6.07 Å². The van der Waals surface area contributed by atoms with E-state index in [9.17, 15) is 0 Å². The fraction of sp³-hybridized carbons (Fsp3) is 0.500. The first-order valence-corrected chi connectivity index (χ1v) is 4.99. The molecular weight excluding hydrogens is 210 g/mol. The Bertz CT molecular complexity index is 296. The number of aromatic nitrogens is 1. The molecule has 0 amide bonds. The van der Waals surface area contributed by atoms with Gasteiger partial charge in [0.2, 0.25) is 0 Å². The van der Waals surface area contributed by atoms with E-state index in [0.717, 1.165) is 0 Å². The average Bonchev–Trinajstić information content (AvgIpc) is 2.34. The molecule has 0 unspecified atom stereocenters. The molecule has 1 heterocycles. The van der Waals surface area contributed by atoms with E-state index >= 15 is 0 Å². The Labute approximate surface area is 94.7 Å². The Morgan fingerprint density at radius 3 is 2.88 bits per heavy atom. The molecule has 6 heteroatoms. The van der Waals surface area contributed by atoms with Crippen LogP contribution in [0, 0.1) is 0 Å². The number of hydrogen-bond donors (Lipinski definition) is 2. The first kappa shape index (κ1) is 12.7. The molecule has 0 radical (unpaired) electrons. The molecule has 0 saturated carbocycles. The molecule has 6 nitrogen and oxygen atoms in total. The van der Waals surface area contributed by atoms with Gasteiger partial charge in [0.1, 0.15) is 18.2 Å². The van der Waals surface area contributed by atoms with Crippen molar-refractivity contribution < 1.29 is 14.2 Å². The first-order chi connectivity index (χ1) is 7.86. The summed E-state index contributed by atoms with van der Waals surface area (Å²) < 4.78 is 15.5. The fourth-order valence-corrected chi connectivity index (χ4v) is 1.04. The fourth-order valence-electron chi connectivity index (χ4n) is 1.04. The first-order valence-electron chi connectivity index (χ1n) is 4.99. The van der Waals surface area contributed by atoms with Gasteiger partial charge in [-0.3, -0.25) is 0 Å². The Hall–Kier alpha value is -1.37. The molecule has 0 spiro atoms. The van der Waals surface area contributed by atoms with Gasteiger partial charge in [0.15, 0.2) is 0 Å². The molecule has 1 aromatic heterocycles. The third-order valence-electron chi connectivity index (χ3n) is 1.81. The molecule has 0 fully saturated rings. The lowest BCUT2D eigenvalue weighted by molar-refractivity contribution is 0.0544.